The Labute approximate surface area is 213 Å². The van der Waals surface area contributed by atoms with Crippen LogP contribution in [-0.2, 0) is 10.0 Å². The van der Waals surface area contributed by atoms with Gasteiger partial charge in [0.2, 0.25) is 10.0 Å². The summed E-state index contributed by atoms with van der Waals surface area (Å²) in [5.41, 5.74) is 3.33. The van der Waals surface area contributed by atoms with Gasteiger partial charge in [-0.25, -0.2) is 22.2 Å². The third kappa shape index (κ3) is 6.75. The maximum Gasteiger partial charge on any atom is 0.404 e. The Hall–Kier alpha value is -3.24. The number of hydrogen-bond donors (Lipinski definition) is 1. The number of halogens is 4. The van der Waals surface area contributed by atoms with Crippen molar-refractivity contribution >= 4 is 20.9 Å². The van der Waals surface area contributed by atoms with Crippen molar-refractivity contribution in [3.05, 3.63) is 95.9 Å². The SMILES string of the molecule is CCCC(CNS(=O)(=O)CC(F)(F)F)C(c1ccccc1)c1ccc2c(cnn2-c2ccc(F)cc2)c1. The molecule has 10 heteroatoms. The molecule has 37 heavy (non-hydrogen) atoms. The first kappa shape index (κ1) is 26.8. The van der Waals surface area contributed by atoms with Gasteiger partial charge in [0.15, 0.2) is 5.75 Å². The molecule has 0 aliphatic heterocycles. The van der Waals surface area contributed by atoms with Crippen molar-refractivity contribution in [3.8, 4) is 5.69 Å². The molecule has 1 aromatic heterocycles. The smallest absolute Gasteiger partial charge is 0.233 e. The van der Waals surface area contributed by atoms with Gasteiger partial charge in [0.05, 0.1) is 17.4 Å². The van der Waals surface area contributed by atoms with Gasteiger partial charge in [-0.1, -0.05) is 49.7 Å². The fourth-order valence-electron chi connectivity index (χ4n) is 4.69. The topological polar surface area (TPSA) is 64.0 Å². The molecule has 0 amide bonds. The zero-order chi connectivity index (χ0) is 26.6. The average Bonchev–Trinajstić information content (AvgIpc) is 3.26. The van der Waals surface area contributed by atoms with Crippen LogP contribution in [0.15, 0.2) is 79.0 Å². The molecule has 4 rings (SSSR count). The van der Waals surface area contributed by atoms with Crippen LogP contribution >= 0.6 is 0 Å². The second kappa shape index (κ2) is 11.0. The van der Waals surface area contributed by atoms with Crippen molar-refractivity contribution in [1.29, 1.82) is 0 Å². The van der Waals surface area contributed by atoms with E-state index in [4.69, 9.17) is 0 Å². The van der Waals surface area contributed by atoms with E-state index in [1.807, 2.05) is 55.5 Å². The summed E-state index contributed by atoms with van der Waals surface area (Å²) in [6.07, 6.45) is -1.80. The molecular formula is C27H27F4N3O2S. The molecule has 3 aromatic carbocycles. The average molecular weight is 534 g/mol. The molecule has 2 unspecified atom stereocenters. The van der Waals surface area contributed by atoms with E-state index in [0.29, 0.717) is 12.1 Å². The van der Waals surface area contributed by atoms with Gasteiger partial charge in [-0.15, -0.1) is 0 Å². The van der Waals surface area contributed by atoms with Gasteiger partial charge in [0.25, 0.3) is 0 Å². The predicted octanol–water partition coefficient (Wildman–Crippen LogP) is 6.19. The van der Waals surface area contributed by atoms with E-state index in [9.17, 15) is 26.0 Å². The van der Waals surface area contributed by atoms with Gasteiger partial charge in [0.1, 0.15) is 5.82 Å². The molecule has 0 bridgehead atoms. The van der Waals surface area contributed by atoms with Gasteiger partial charge in [0, 0.05) is 17.8 Å². The molecule has 5 nitrogen and oxygen atoms in total. The van der Waals surface area contributed by atoms with Crippen molar-refractivity contribution in [1.82, 2.24) is 14.5 Å². The normalized spacial score (nSPS) is 14.1. The van der Waals surface area contributed by atoms with Crippen LogP contribution in [0.3, 0.4) is 0 Å². The van der Waals surface area contributed by atoms with E-state index < -0.39 is 22.0 Å². The molecule has 0 saturated heterocycles. The van der Waals surface area contributed by atoms with Gasteiger partial charge in [-0.05, 0) is 59.9 Å². The number of nitrogens with zero attached hydrogens (tertiary/aromatic N) is 2. The Kier molecular flexibility index (Phi) is 7.99. The Morgan fingerprint density at radius 1 is 0.973 bits per heavy atom. The van der Waals surface area contributed by atoms with Crippen molar-refractivity contribution < 1.29 is 26.0 Å². The quantitative estimate of drug-likeness (QED) is 0.247. The number of alkyl halides is 3. The minimum atomic E-state index is -4.82. The molecule has 1 heterocycles. The maximum absolute atomic E-state index is 13.4. The minimum absolute atomic E-state index is 0.126. The van der Waals surface area contributed by atoms with Crippen molar-refractivity contribution in [2.45, 2.75) is 31.9 Å². The van der Waals surface area contributed by atoms with Crippen LogP contribution in [-0.4, -0.2) is 36.7 Å². The predicted molar refractivity (Wildman–Crippen MR) is 136 cm³/mol. The molecule has 0 aliphatic rings. The number of fused-ring (bicyclic) bond motifs is 1. The molecule has 0 spiro atoms. The number of nitrogens with one attached hydrogen (secondary N) is 1. The molecule has 0 radical (unpaired) electrons. The summed E-state index contributed by atoms with van der Waals surface area (Å²) < 4.78 is 79.8. The van der Waals surface area contributed by atoms with E-state index in [1.165, 1.54) is 12.1 Å². The third-order valence-electron chi connectivity index (χ3n) is 6.23. The molecule has 0 aliphatic carbocycles. The van der Waals surface area contributed by atoms with Gasteiger partial charge in [-0.3, -0.25) is 0 Å². The number of benzene rings is 3. The fraction of sp³-hybridized carbons (Fsp3) is 0.296. The lowest BCUT2D eigenvalue weighted by molar-refractivity contribution is -0.106. The summed E-state index contributed by atoms with van der Waals surface area (Å²) in [5.74, 6) is -2.82. The molecule has 196 valence electrons. The molecule has 0 saturated carbocycles. The lowest BCUT2D eigenvalue weighted by Gasteiger charge is -2.28. The summed E-state index contributed by atoms with van der Waals surface area (Å²) in [6, 6.07) is 21.3. The first-order chi connectivity index (χ1) is 17.6. The summed E-state index contributed by atoms with van der Waals surface area (Å²) in [6.45, 7) is 1.83. The van der Waals surface area contributed by atoms with Crippen molar-refractivity contribution in [2.75, 3.05) is 12.3 Å². The van der Waals surface area contributed by atoms with Crippen LogP contribution in [0.4, 0.5) is 17.6 Å². The van der Waals surface area contributed by atoms with Crippen LogP contribution in [0.25, 0.3) is 16.6 Å². The molecule has 4 aromatic rings. The van der Waals surface area contributed by atoms with Crippen LogP contribution in [0.1, 0.15) is 36.8 Å². The van der Waals surface area contributed by atoms with Crippen LogP contribution in [0.5, 0.6) is 0 Å². The highest BCUT2D eigenvalue weighted by Crippen LogP contribution is 2.36. The zero-order valence-corrected chi connectivity index (χ0v) is 20.9. The Morgan fingerprint density at radius 2 is 1.68 bits per heavy atom. The molecule has 2 atom stereocenters. The summed E-state index contributed by atoms with van der Waals surface area (Å²) >= 11 is 0. The largest absolute Gasteiger partial charge is 0.404 e. The minimum Gasteiger partial charge on any atom is -0.233 e. The first-order valence-electron chi connectivity index (χ1n) is 11.9. The standard InChI is InChI=1S/C27H27F4N3O2S/c1-2-6-21(17-33-37(35,36)18-27(29,30)31)26(19-7-4-3-5-8-19)20-9-14-25-22(15-20)16-32-34(25)24-12-10-23(28)11-13-24/h3-5,7-16,21,26,33H,2,6,17-18H2,1H3. The van der Waals surface area contributed by atoms with Crippen LogP contribution in [0.2, 0.25) is 0 Å². The summed E-state index contributed by atoms with van der Waals surface area (Å²) in [7, 11) is -4.53. The highest BCUT2D eigenvalue weighted by molar-refractivity contribution is 7.89. The monoisotopic (exact) mass is 533 g/mol. The molecule has 1 N–H and O–H groups in total. The highest BCUT2D eigenvalue weighted by atomic mass is 32.2. The lowest BCUT2D eigenvalue weighted by Crippen LogP contribution is -2.37. The lowest BCUT2D eigenvalue weighted by atomic mass is 9.78. The Balaban J connectivity index is 1.70. The van der Waals surface area contributed by atoms with E-state index in [2.05, 4.69) is 9.82 Å². The van der Waals surface area contributed by atoms with Crippen molar-refractivity contribution in [2.24, 2.45) is 5.92 Å². The summed E-state index contributed by atoms with van der Waals surface area (Å²) in [4.78, 5) is 0. The highest BCUT2D eigenvalue weighted by Gasteiger charge is 2.36. The van der Waals surface area contributed by atoms with Gasteiger partial charge < -0.3 is 0 Å². The fourth-order valence-corrected chi connectivity index (χ4v) is 5.69. The molecule has 0 fully saturated rings. The Morgan fingerprint density at radius 3 is 2.32 bits per heavy atom. The number of sulfonamides is 1. The van der Waals surface area contributed by atoms with Crippen LogP contribution in [0, 0.1) is 11.7 Å². The number of aromatic nitrogens is 2. The molecular weight excluding hydrogens is 506 g/mol. The van der Waals surface area contributed by atoms with Crippen molar-refractivity contribution in [3.63, 3.8) is 0 Å². The first-order valence-corrected chi connectivity index (χ1v) is 13.5. The number of hydrogen-bond acceptors (Lipinski definition) is 3. The van der Waals surface area contributed by atoms with E-state index in [1.54, 1.807) is 23.0 Å². The van der Waals surface area contributed by atoms with Gasteiger partial charge in [-0.2, -0.15) is 18.3 Å². The van der Waals surface area contributed by atoms with E-state index in [0.717, 1.165) is 28.5 Å². The van der Waals surface area contributed by atoms with Gasteiger partial charge >= 0.3 is 6.18 Å². The van der Waals surface area contributed by atoms with E-state index in [-0.39, 0.29) is 24.2 Å². The Bertz CT molecular complexity index is 1440. The second-order valence-corrected chi connectivity index (χ2v) is 10.8. The maximum atomic E-state index is 13.4. The zero-order valence-electron chi connectivity index (χ0n) is 20.1. The van der Waals surface area contributed by atoms with E-state index >= 15 is 0 Å². The third-order valence-corrected chi connectivity index (χ3v) is 7.54. The number of rotatable bonds is 10. The van der Waals surface area contributed by atoms with Crippen LogP contribution < -0.4 is 4.72 Å². The second-order valence-electron chi connectivity index (χ2n) is 9.01. The summed E-state index contributed by atoms with van der Waals surface area (Å²) in [5, 5.41) is 5.28.